The minimum absolute atomic E-state index is 0.0711. The summed E-state index contributed by atoms with van der Waals surface area (Å²) in [6.07, 6.45) is 0.831. The average Bonchev–Trinajstić information content (AvgIpc) is 2.84. The number of fused-ring (bicyclic) bond motifs is 1. The molecule has 1 aromatic carbocycles. The van der Waals surface area contributed by atoms with Gasteiger partial charge in [-0.2, -0.15) is 4.31 Å². The quantitative estimate of drug-likeness (QED) is 0.448. The molecule has 3 rings (SSSR count). The predicted octanol–water partition coefficient (Wildman–Crippen LogP) is 0.586. The van der Waals surface area contributed by atoms with Gasteiger partial charge in [-0.25, -0.2) is 8.42 Å². The van der Waals surface area contributed by atoms with Crippen molar-refractivity contribution in [3.8, 4) is 5.75 Å². The van der Waals surface area contributed by atoms with E-state index in [9.17, 15) is 18.0 Å². The number of carbonyl (C=O) groups is 2. The summed E-state index contributed by atoms with van der Waals surface area (Å²) < 4.78 is 32.7. The number of hydrogen-bond acceptors (Lipinski definition) is 7. The average molecular weight is 496 g/mol. The number of nitrogens with zero attached hydrogens (tertiary/aromatic N) is 4. The first kappa shape index (κ1) is 26.4. The maximum atomic E-state index is 12.9. The molecule has 0 atom stereocenters. The molecule has 2 aliphatic rings. The van der Waals surface area contributed by atoms with E-state index in [1.807, 2.05) is 0 Å². The van der Waals surface area contributed by atoms with E-state index in [0.29, 0.717) is 31.1 Å². The Labute approximate surface area is 202 Å². The largest absolute Gasteiger partial charge is 0.482 e. The van der Waals surface area contributed by atoms with E-state index in [1.165, 1.54) is 21.3 Å². The summed E-state index contributed by atoms with van der Waals surface area (Å²) in [5.41, 5.74) is 0.299. The lowest BCUT2D eigenvalue weighted by Crippen LogP contribution is -2.47. The van der Waals surface area contributed by atoms with Gasteiger partial charge in [0.05, 0.1) is 10.6 Å². The number of piperazine rings is 1. The van der Waals surface area contributed by atoms with Gasteiger partial charge in [0, 0.05) is 45.8 Å². The number of ether oxygens (including phenoxy) is 1. The Balaban J connectivity index is 1.59. The summed E-state index contributed by atoms with van der Waals surface area (Å²) in [5, 5.41) is 2.88. The van der Waals surface area contributed by atoms with Crippen LogP contribution in [0.25, 0.3) is 0 Å². The van der Waals surface area contributed by atoms with Crippen LogP contribution in [0.1, 0.15) is 27.2 Å². The number of carbonyl (C=O) groups excluding carboxylic acids is 2. The topological polar surface area (TPSA) is 102 Å². The van der Waals surface area contributed by atoms with Crippen molar-refractivity contribution < 1.29 is 22.7 Å². The van der Waals surface area contributed by atoms with Crippen molar-refractivity contribution in [3.05, 3.63) is 18.2 Å². The fraction of sp³-hybridized carbons (Fsp3) is 0.652. The van der Waals surface area contributed by atoms with Gasteiger partial charge in [0.25, 0.3) is 5.91 Å². The van der Waals surface area contributed by atoms with E-state index in [0.717, 1.165) is 45.7 Å². The molecule has 0 radical (unpaired) electrons. The summed E-state index contributed by atoms with van der Waals surface area (Å²) >= 11 is 0. The third kappa shape index (κ3) is 6.26. The molecule has 1 fully saturated rings. The lowest BCUT2D eigenvalue weighted by Gasteiger charge is -2.34. The monoisotopic (exact) mass is 495 g/mol. The highest BCUT2D eigenvalue weighted by Crippen LogP contribution is 2.34. The van der Waals surface area contributed by atoms with E-state index in [2.05, 4.69) is 22.0 Å². The number of anilines is 1. The van der Waals surface area contributed by atoms with Gasteiger partial charge >= 0.3 is 0 Å². The van der Waals surface area contributed by atoms with E-state index >= 15 is 0 Å². The highest BCUT2D eigenvalue weighted by molar-refractivity contribution is 7.89. The molecule has 1 N–H and O–H groups in total. The van der Waals surface area contributed by atoms with Crippen molar-refractivity contribution in [1.29, 1.82) is 0 Å². The Morgan fingerprint density at radius 1 is 1.09 bits per heavy atom. The van der Waals surface area contributed by atoms with Crippen LogP contribution < -0.4 is 15.0 Å². The predicted molar refractivity (Wildman–Crippen MR) is 131 cm³/mol. The molecule has 0 aliphatic carbocycles. The van der Waals surface area contributed by atoms with Crippen molar-refractivity contribution >= 4 is 27.5 Å². The van der Waals surface area contributed by atoms with Crippen LogP contribution in [0.15, 0.2) is 23.1 Å². The third-order valence-corrected chi connectivity index (χ3v) is 8.45. The van der Waals surface area contributed by atoms with Gasteiger partial charge < -0.3 is 19.9 Å². The van der Waals surface area contributed by atoms with Crippen LogP contribution in [0.3, 0.4) is 0 Å². The van der Waals surface area contributed by atoms with Crippen LogP contribution >= 0.6 is 0 Å². The molecule has 0 unspecified atom stereocenters. The Bertz CT molecular complexity index is 958. The molecule has 2 aliphatic heterocycles. The number of hydrogen-bond donors (Lipinski definition) is 1. The van der Waals surface area contributed by atoms with Crippen LogP contribution in [0.5, 0.6) is 5.75 Å². The van der Waals surface area contributed by atoms with Crippen LogP contribution in [0.4, 0.5) is 5.69 Å². The summed E-state index contributed by atoms with van der Waals surface area (Å²) in [4.78, 5) is 31.3. The molecule has 34 heavy (non-hydrogen) atoms. The van der Waals surface area contributed by atoms with Gasteiger partial charge in [0.15, 0.2) is 6.61 Å². The highest BCUT2D eigenvalue weighted by atomic mass is 32.2. The van der Waals surface area contributed by atoms with Crippen LogP contribution in [0, 0.1) is 0 Å². The van der Waals surface area contributed by atoms with Crippen molar-refractivity contribution in [2.75, 3.05) is 77.0 Å². The normalized spacial score (nSPS) is 17.5. The van der Waals surface area contributed by atoms with Crippen molar-refractivity contribution in [2.24, 2.45) is 0 Å². The number of likely N-dealkylation sites (N-methyl/N-ethyl adjacent to an activating group) is 1. The Hall–Kier alpha value is -2.21. The molecular formula is C23H37N5O5S. The number of benzene rings is 1. The fourth-order valence-electron chi connectivity index (χ4n) is 4.29. The molecule has 0 saturated carbocycles. The minimum Gasteiger partial charge on any atom is -0.482 e. The van der Waals surface area contributed by atoms with Crippen molar-refractivity contribution in [3.63, 3.8) is 0 Å². The molecule has 0 spiro atoms. The van der Waals surface area contributed by atoms with Crippen LogP contribution in [-0.4, -0.2) is 106 Å². The maximum absolute atomic E-state index is 12.9. The third-order valence-electron chi connectivity index (χ3n) is 6.40. The SMILES string of the molecule is CCN1CCN(CCCNC(=O)CN2C(=O)COc3ccc(S(=O)(=O)N(CC)CC)cc32)CC1. The minimum atomic E-state index is -3.71. The van der Waals surface area contributed by atoms with Crippen molar-refractivity contribution in [2.45, 2.75) is 32.1 Å². The van der Waals surface area contributed by atoms with Crippen LogP contribution in [0.2, 0.25) is 0 Å². The van der Waals surface area contributed by atoms with Gasteiger partial charge in [-0.3, -0.25) is 14.5 Å². The van der Waals surface area contributed by atoms with E-state index in [-0.39, 0.29) is 29.9 Å². The molecule has 1 saturated heterocycles. The molecule has 2 heterocycles. The highest BCUT2D eigenvalue weighted by Gasteiger charge is 2.30. The number of amides is 2. The standard InChI is InChI=1S/C23H37N5O5S/c1-4-25-12-14-26(15-13-25)11-7-10-24-22(29)17-28-20-16-19(34(31,32)27(5-2)6-3)8-9-21(20)33-18-23(28)30/h8-9,16H,4-7,10-15,17-18H2,1-3H3,(H,24,29). The van der Waals surface area contributed by atoms with Gasteiger partial charge in [-0.05, 0) is 37.7 Å². The molecule has 11 heteroatoms. The first-order valence-corrected chi connectivity index (χ1v) is 13.5. The van der Waals surface area contributed by atoms with Gasteiger partial charge in [-0.1, -0.05) is 20.8 Å². The second-order valence-electron chi connectivity index (χ2n) is 8.47. The number of nitrogens with one attached hydrogen (secondary N) is 1. The van der Waals surface area contributed by atoms with Gasteiger partial charge in [-0.15, -0.1) is 0 Å². The Kier molecular flexibility index (Phi) is 9.29. The summed E-state index contributed by atoms with van der Waals surface area (Å²) in [5.74, 6) is -0.278. The maximum Gasteiger partial charge on any atom is 0.265 e. The molecule has 0 bridgehead atoms. The lowest BCUT2D eigenvalue weighted by molar-refractivity contribution is -0.125. The number of sulfonamides is 1. The van der Waals surface area contributed by atoms with Gasteiger partial charge in [0.1, 0.15) is 12.3 Å². The summed E-state index contributed by atoms with van der Waals surface area (Å²) in [6.45, 7) is 12.8. The molecule has 1 aromatic rings. The van der Waals surface area contributed by atoms with Crippen LogP contribution in [-0.2, 0) is 19.6 Å². The van der Waals surface area contributed by atoms with E-state index in [1.54, 1.807) is 19.9 Å². The first-order chi connectivity index (χ1) is 16.3. The molecular weight excluding hydrogens is 458 g/mol. The molecule has 190 valence electrons. The number of rotatable bonds is 11. The Morgan fingerprint density at radius 3 is 2.41 bits per heavy atom. The zero-order valence-corrected chi connectivity index (χ0v) is 21.3. The Morgan fingerprint density at radius 2 is 1.76 bits per heavy atom. The van der Waals surface area contributed by atoms with Crippen molar-refractivity contribution in [1.82, 2.24) is 19.4 Å². The summed E-state index contributed by atoms with van der Waals surface area (Å²) in [7, 11) is -3.71. The summed E-state index contributed by atoms with van der Waals surface area (Å²) in [6, 6.07) is 4.44. The molecule has 10 nitrogen and oxygen atoms in total. The molecule has 0 aromatic heterocycles. The zero-order valence-electron chi connectivity index (χ0n) is 20.5. The lowest BCUT2D eigenvalue weighted by atomic mass is 10.2. The zero-order chi connectivity index (χ0) is 24.7. The fourth-order valence-corrected chi connectivity index (χ4v) is 5.77. The van der Waals surface area contributed by atoms with E-state index < -0.39 is 10.0 Å². The van der Waals surface area contributed by atoms with E-state index in [4.69, 9.17) is 4.74 Å². The smallest absolute Gasteiger partial charge is 0.265 e. The first-order valence-electron chi connectivity index (χ1n) is 12.1. The molecule has 2 amide bonds. The van der Waals surface area contributed by atoms with Gasteiger partial charge in [0.2, 0.25) is 15.9 Å². The second-order valence-corrected chi connectivity index (χ2v) is 10.4. The second kappa shape index (κ2) is 12.0.